The zero-order valence-electron chi connectivity index (χ0n) is 12.1. The van der Waals surface area contributed by atoms with Gasteiger partial charge in [0.25, 0.3) is 0 Å². The Bertz CT molecular complexity index is 567. The second kappa shape index (κ2) is 6.91. The molecule has 0 amide bonds. The largest absolute Gasteiger partial charge is 0.383 e. The summed E-state index contributed by atoms with van der Waals surface area (Å²) < 4.78 is 0. The van der Waals surface area contributed by atoms with Gasteiger partial charge in [-0.3, -0.25) is 4.98 Å². The van der Waals surface area contributed by atoms with Gasteiger partial charge in [-0.05, 0) is 30.2 Å². The smallest absolute Gasteiger partial charge is 0.0737 e. The van der Waals surface area contributed by atoms with E-state index in [2.05, 4.69) is 24.1 Å². The first-order valence-corrected chi connectivity index (χ1v) is 7.57. The molecule has 0 radical (unpaired) electrons. The number of fused-ring (bicyclic) bond motifs is 1. The maximum Gasteiger partial charge on any atom is 0.0737 e. The molecule has 0 spiro atoms. The average molecular weight is 292 g/mol. The average Bonchev–Trinajstić information content (AvgIpc) is 2.45. The predicted molar refractivity (Wildman–Crippen MR) is 87.3 cm³/mol. The predicted octanol–water partition coefficient (Wildman–Crippen LogP) is 4.06. The molecule has 2 aromatic rings. The molecule has 3 nitrogen and oxygen atoms in total. The summed E-state index contributed by atoms with van der Waals surface area (Å²) in [5.74, 6) is 0.560. The van der Waals surface area contributed by atoms with Crippen LogP contribution >= 0.6 is 11.6 Å². The van der Waals surface area contributed by atoms with Crippen molar-refractivity contribution in [3.05, 3.63) is 35.5 Å². The Hall–Kier alpha value is -1.32. The Morgan fingerprint density at radius 1 is 1.25 bits per heavy atom. The van der Waals surface area contributed by atoms with E-state index in [-0.39, 0.29) is 6.04 Å². The molecule has 3 N–H and O–H groups in total. The highest BCUT2D eigenvalue weighted by atomic mass is 35.5. The number of rotatable bonds is 6. The Kier molecular flexibility index (Phi) is 5.21. The molecule has 1 unspecified atom stereocenters. The molecule has 0 aliphatic heterocycles. The summed E-state index contributed by atoms with van der Waals surface area (Å²) in [5, 5.41) is 5.23. The fourth-order valence-corrected chi connectivity index (χ4v) is 2.73. The van der Waals surface area contributed by atoms with Gasteiger partial charge in [-0.2, -0.15) is 0 Å². The molecule has 1 aromatic heterocycles. The van der Waals surface area contributed by atoms with Crippen molar-refractivity contribution in [2.75, 3.05) is 11.9 Å². The van der Waals surface area contributed by atoms with Crippen LogP contribution in [0.1, 0.15) is 26.7 Å². The van der Waals surface area contributed by atoms with Crippen LogP contribution in [-0.2, 0) is 0 Å². The maximum atomic E-state index is 6.26. The lowest BCUT2D eigenvalue weighted by molar-refractivity contribution is 0.407. The number of anilines is 1. The van der Waals surface area contributed by atoms with Gasteiger partial charge in [0.15, 0.2) is 0 Å². The molecule has 0 aliphatic rings. The molecule has 4 heteroatoms. The first-order chi connectivity index (χ1) is 9.65. The minimum absolute atomic E-state index is 0.167. The number of hydrogen-bond acceptors (Lipinski definition) is 3. The Morgan fingerprint density at radius 2 is 2.00 bits per heavy atom. The maximum absolute atomic E-state index is 6.26. The summed E-state index contributed by atoms with van der Waals surface area (Å²) in [6, 6.07) is 7.91. The first kappa shape index (κ1) is 15.1. The lowest BCUT2D eigenvalue weighted by Crippen LogP contribution is -2.36. The second-order valence-corrected chi connectivity index (χ2v) is 5.58. The quantitative estimate of drug-likeness (QED) is 0.844. The fourth-order valence-electron chi connectivity index (χ4n) is 2.56. The highest BCUT2D eigenvalue weighted by Gasteiger charge is 2.14. The number of nitrogens with zero attached hydrogens (tertiary/aromatic N) is 1. The van der Waals surface area contributed by atoms with E-state index < -0.39 is 0 Å². The zero-order chi connectivity index (χ0) is 14.5. The summed E-state index contributed by atoms with van der Waals surface area (Å²) in [7, 11) is 0. The monoisotopic (exact) mass is 291 g/mol. The number of hydrogen-bond donors (Lipinski definition) is 2. The molecular weight excluding hydrogens is 270 g/mol. The van der Waals surface area contributed by atoms with E-state index >= 15 is 0 Å². The third-order valence-corrected chi connectivity index (χ3v) is 4.12. The number of pyridine rings is 1. The van der Waals surface area contributed by atoms with Crippen molar-refractivity contribution in [3.63, 3.8) is 0 Å². The van der Waals surface area contributed by atoms with Crippen molar-refractivity contribution in [1.29, 1.82) is 0 Å². The highest BCUT2D eigenvalue weighted by Crippen LogP contribution is 2.24. The molecule has 0 saturated carbocycles. The van der Waals surface area contributed by atoms with E-state index in [1.807, 2.05) is 24.3 Å². The zero-order valence-corrected chi connectivity index (χ0v) is 12.8. The lowest BCUT2D eigenvalue weighted by Gasteiger charge is -2.22. The highest BCUT2D eigenvalue weighted by molar-refractivity contribution is 6.31. The van der Waals surface area contributed by atoms with Crippen LogP contribution < -0.4 is 11.1 Å². The van der Waals surface area contributed by atoms with E-state index in [0.717, 1.165) is 36.0 Å². The minimum Gasteiger partial charge on any atom is -0.383 e. The second-order valence-electron chi connectivity index (χ2n) is 5.14. The Morgan fingerprint density at radius 3 is 2.70 bits per heavy atom. The van der Waals surface area contributed by atoms with Gasteiger partial charge >= 0.3 is 0 Å². The summed E-state index contributed by atoms with van der Waals surface area (Å²) in [4.78, 5) is 4.34. The molecule has 20 heavy (non-hydrogen) atoms. The van der Waals surface area contributed by atoms with Gasteiger partial charge in [0, 0.05) is 34.9 Å². The molecular formula is C16H22ClN3. The van der Waals surface area contributed by atoms with Crippen LogP contribution in [0.5, 0.6) is 0 Å². The van der Waals surface area contributed by atoms with Crippen LogP contribution in [0.15, 0.2) is 30.5 Å². The topological polar surface area (TPSA) is 50.9 Å². The van der Waals surface area contributed by atoms with E-state index in [0.29, 0.717) is 10.9 Å². The lowest BCUT2D eigenvalue weighted by atomic mass is 9.95. The van der Waals surface area contributed by atoms with Crippen molar-refractivity contribution >= 4 is 28.2 Å². The van der Waals surface area contributed by atoms with Crippen molar-refractivity contribution in [2.45, 2.75) is 32.7 Å². The summed E-state index contributed by atoms with van der Waals surface area (Å²) in [6.45, 7) is 5.16. The molecule has 2 rings (SSSR count). The molecule has 1 aromatic carbocycles. The van der Waals surface area contributed by atoms with Gasteiger partial charge < -0.3 is 11.1 Å². The van der Waals surface area contributed by atoms with Crippen LogP contribution in [0, 0.1) is 5.92 Å². The minimum atomic E-state index is 0.167. The fraction of sp³-hybridized carbons (Fsp3) is 0.438. The van der Waals surface area contributed by atoms with E-state index in [1.54, 1.807) is 6.20 Å². The van der Waals surface area contributed by atoms with Crippen LogP contribution in [0.4, 0.5) is 5.69 Å². The van der Waals surface area contributed by atoms with E-state index in [4.69, 9.17) is 17.3 Å². The summed E-state index contributed by atoms with van der Waals surface area (Å²) in [6.07, 6.45) is 4.03. The molecule has 0 saturated heterocycles. The van der Waals surface area contributed by atoms with Gasteiger partial charge in [0.1, 0.15) is 0 Å². The van der Waals surface area contributed by atoms with Crippen molar-refractivity contribution in [3.8, 4) is 0 Å². The van der Waals surface area contributed by atoms with Crippen LogP contribution in [0.2, 0.25) is 5.02 Å². The molecule has 0 aliphatic carbocycles. The SMILES string of the molecule is CCC(CC)C(N)CNc1ccnc2cc(Cl)ccc12. The van der Waals surface area contributed by atoms with Crippen molar-refractivity contribution < 1.29 is 0 Å². The number of benzene rings is 1. The van der Waals surface area contributed by atoms with Gasteiger partial charge in [-0.25, -0.2) is 0 Å². The van der Waals surface area contributed by atoms with Crippen LogP contribution in [-0.4, -0.2) is 17.6 Å². The number of aromatic nitrogens is 1. The number of nitrogens with one attached hydrogen (secondary N) is 1. The van der Waals surface area contributed by atoms with Crippen LogP contribution in [0.25, 0.3) is 10.9 Å². The third-order valence-electron chi connectivity index (χ3n) is 3.89. The number of halogens is 1. The van der Waals surface area contributed by atoms with Crippen LogP contribution in [0.3, 0.4) is 0 Å². The van der Waals surface area contributed by atoms with Gasteiger partial charge in [-0.1, -0.05) is 38.3 Å². The number of nitrogens with two attached hydrogens (primary N) is 1. The molecule has 1 heterocycles. The summed E-state index contributed by atoms with van der Waals surface area (Å²) >= 11 is 6.00. The third kappa shape index (κ3) is 3.41. The van der Waals surface area contributed by atoms with Gasteiger partial charge in [0.2, 0.25) is 0 Å². The Balaban J connectivity index is 2.14. The molecule has 108 valence electrons. The molecule has 1 atom stereocenters. The molecule has 0 fully saturated rings. The standard InChI is InChI=1S/C16H22ClN3/c1-3-11(4-2)14(18)10-20-15-7-8-19-16-9-12(17)5-6-13(15)16/h5-9,11,14H,3-4,10,18H2,1-2H3,(H,19,20). The first-order valence-electron chi connectivity index (χ1n) is 7.19. The summed E-state index contributed by atoms with van der Waals surface area (Å²) in [5.41, 5.74) is 8.22. The van der Waals surface area contributed by atoms with E-state index in [1.165, 1.54) is 0 Å². The normalized spacial score (nSPS) is 12.8. The Labute approximate surface area is 125 Å². The van der Waals surface area contributed by atoms with Gasteiger partial charge in [-0.15, -0.1) is 0 Å². The van der Waals surface area contributed by atoms with Crippen molar-refractivity contribution in [1.82, 2.24) is 4.98 Å². The van der Waals surface area contributed by atoms with Crippen molar-refractivity contribution in [2.24, 2.45) is 11.7 Å². The van der Waals surface area contributed by atoms with Gasteiger partial charge in [0.05, 0.1) is 5.52 Å². The van der Waals surface area contributed by atoms with E-state index in [9.17, 15) is 0 Å². The molecule has 0 bridgehead atoms.